The van der Waals surface area contributed by atoms with Crippen molar-refractivity contribution in [2.45, 2.75) is 39.3 Å². The van der Waals surface area contributed by atoms with Gasteiger partial charge in [0.2, 0.25) is 5.91 Å². The zero-order chi connectivity index (χ0) is 13.5. The molecular formula is C13H18N2O3. The van der Waals surface area contributed by atoms with Crippen LogP contribution in [0.25, 0.3) is 0 Å². The normalized spacial score (nSPS) is 10.4. The Kier molecular flexibility index (Phi) is 5.30. The molecule has 0 saturated heterocycles. The van der Waals surface area contributed by atoms with Crippen LogP contribution in [-0.4, -0.2) is 32.9 Å². The van der Waals surface area contributed by atoms with Gasteiger partial charge in [0.1, 0.15) is 0 Å². The van der Waals surface area contributed by atoms with Crippen LogP contribution in [0.1, 0.15) is 32.4 Å². The minimum Gasteiger partial charge on any atom is -0.481 e. The molecule has 1 N–H and O–H groups in total. The van der Waals surface area contributed by atoms with E-state index >= 15 is 0 Å². The first-order valence-electron chi connectivity index (χ1n) is 5.92. The molecule has 0 aliphatic carbocycles. The van der Waals surface area contributed by atoms with E-state index in [1.807, 2.05) is 32.0 Å². The average molecular weight is 250 g/mol. The molecule has 0 saturated carbocycles. The molecule has 98 valence electrons. The second-order valence-corrected chi connectivity index (χ2v) is 4.33. The fraction of sp³-hybridized carbons (Fsp3) is 0.462. The maximum atomic E-state index is 11.9. The Balaban J connectivity index is 2.65. The lowest BCUT2D eigenvalue weighted by molar-refractivity contribution is -0.141. The molecule has 1 rings (SSSR count). The summed E-state index contributed by atoms with van der Waals surface area (Å²) in [7, 11) is 0. The number of amides is 1. The van der Waals surface area contributed by atoms with Gasteiger partial charge in [0.05, 0.1) is 18.7 Å². The summed E-state index contributed by atoms with van der Waals surface area (Å²) in [5.74, 6) is -1.11. The van der Waals surface area contributed by atoms with Crippen LogP contribution in [0.15, 0.2) is 24.4 Å². The van der Waals surface area contributed by atoms with Crippen LogP contribution in [0, 0.1) is 0 Å². The van der Waals surface area contributed by atoms with Gasteiger partial charge in [0.25, 0.3) is 0 Å². The second kappa shape index (κ2) is 6.74. The summed E-state index contributed by atoms with van der Waals surface area (Å²) < 4.78 is 0. The number of hydrogen-bond acceptors (Lipinski definition) is 3. The summed E-state index contributed by atoms with van der Waals surface area (Å²) in [6.45, 7) is 4.22. The minimum atomic E-state index is -0.954. The predicted octanol–water partition coefficient (Wildman–Crippen LogP) is 1.68. The van der Waals surface area contributed by atoms with E-state index in [4.69, 9.17) is 5.11 Å². The first-order chi connectivity index (χ1) is 8.50. The van der Waals surface area contributed by atoms with Gasteiger partial charge in [-0.05, 0) is 26.0 Å². The van der Waals surface area contributed by atoms with Crippen LogP contribution in [-0.2, 0) is 16.1 Å². The highest BCUT2D eigenvalue weighted by Gasteiger charge is 2.18. The number of carbonyl (C=O) groups is 2. The molecule has 0 atom stereocenters. The fourth-order valence-electron chi connectivity index (χ4n) is 1.58. The van der Waals surface area contributed by atoms with E-state index in [9.17, 15) is 9.59 Å². The van der Waals surface area contributed by atoms with Gasteiger partial charge in [-0.25, -0.2) is 0 Å². The molecule has 0 aromatic carbocycles. The van der Waals surface area contributed by atoms with Crippen molar-refractivity contribution in [2.75, 3.05) is 0 Å². The van der Waals surface area contributed by atoms with E-state index in [0.717, 1.165) is 5.69 Å². The van der Waals surface area contributed by atoms with Gasteiger partial charge >= 0.3 is 5.97 Å². The Labute approximate surface area is 106 Å². The monoisotopic (exact) mass is 250 g/mol. The standard InChI is InChI=1S/C13H18N2O3/c1-10(2)15(12(16)6-7-13(17)18)9-11-5-3-4-8-14-11/h3-5,8,10H,6-7,9H2,1-2H3,(H,17,18). The van der Waals surface area contributed by atoms with Crippen LogP contribution in [0.4, 0.5) is 0 Å². The number of hydrogen-bond donors (Lipinski definition) is 1. The van der Waals surface area contributed by atoms with Gasteiger partial charge < -0.3 is 10.0 Å². The van der Waals surface area contributed by atoms with Crippen LogP contribution in [0.2, 0.25) is 0 Å². The molecule has 1 aromatic rings. The Morgan fingerprint density at radius 2 is 2.06 bits per heavy atom. The lowest BCUT2D eigenvalue weighted by Gasteiger charge is -2.26. The zero-order valence-electron chi connectivity index (χ0n) is 10.7. The van der Waals surface area contributed by atoms with Gasteiger partial charge in [-0.15, -0.1) is 0 Å². The SMILES string of the molecule is CC(C)N(Cc1ccccn1)C(=O)CCC(=O)O. The highest BCUT2D eigenvalue weighted by Crippen LogP contribution is 2.09. The molecule has 1 aromatic heterocycles. The van der Waals surface area contributed by atoms with Gasteiger partial charge in [0.15, 0.2) is 0 Å². The molecule has 1 heterocycles. The number of carboxylic acids is 1. The fourth-order valence-corrected chi connectivity index (χ4v) is 1.58. The lowest BCUT2D eigenvalue weighted by atomic mass is 10.2. The number of rotatable bonds is 6. The summed E-state index contributed by atoms with van der Waals surface area (Å²) in [6.07, 6.45) is 1.57. The largest absolute Gasteiger partial charge is 0.481 e. The third kappa shape index (κ3) is 4.53. The van der Waals surface area contributed by atoms with E-state index in [1.54, 1.807) is 11.1 Å². The van der Waals surface area contributed by atoms with Crippen molar-refractivity contribution in [3.05, 3.63) is 30.1 Å². The van der Waals surface area contributed by atoms with Crippen molar-refractivity contribution in [3.8, 4) is 0 Å². The maximum absolute atomic E-state index is 11.9. The first-order valence-corrected chi connectivity index (χ1v) is 5.92. The maximum Gasteiger partial charge on any atom is 0.303 e. The molecule has 1 amide bonds. The molecule has 0 bridgehead atoms. The minimum absolute atomic E-state index is 0.0216. The Morgan fingerprint density at radius 3 is 2.56 bits per heavy atom. The summed E-state index contributed by atoms with van der Waals surface area (Å²) >= 11 is 0. The van der Waals surface area contributed by atoms with Crippen LogP contribution >= 0.6 is 0 Å². The molecule has 0 aliphatic heterocycles. The predicted molar refractivity (Wildman–Crippen MR) is 66.8 cm³/mol. The third-order valence-corrected chi connectivity index (χ3v) is 2.55. The van der Waals surface area contributed by atoms with Crippen molar-refractivity contribution >= 4 is 11.9 Å². The van der Waals surface area contributed by atoms with Gasteiger partial charge in [0, 0.05) is 18.7 Å². The van der Waals surface area contributed by atoms with Gasteiger partial charge in [-0.2, -0.15) is 0 Å². The van der Waals surface area contributed by atoms with E-state index in [1.165, 1.54) is 0 Å². The molecule has 0 unspecified atom stereocenters. The van der Waals surface area contributed by atoms with Crippen molar-refractivity contribution < 1.29 is 14.7 Å². The van der Waals surface area contributed by atoms with Crippen LogP contribution in [0.5, 0.6) is 0 Å². The highest BCUT2D eigenvalue weighted by molar-refractivity contribution is 5.80. The third-order valence-electron chi connectivity index (χ3n) is 2.55. The van der Waals surface area contributed by atoms with Crippen molar-refractivity contribution in [1.82, 2.24) is 9.88 Å². The Hall–Kier alpha value is -1.91. The summed E-state index contributed by atoms with van der Waals surface area (Å²) in [5.41, 5.74) is 0.801. The van der Waals surface area contributed by atoms with Crippen molar-refractivity contribution in [2.24, 2.45) is 0 Å². The number of carboxylic acid groups (broad SMARTS) is 1. The topological polar surface area (TPSA) is 70.5 Å². The first kappa shape index (κ1) is 14.2. The zero-order valence-corrected chi connectivity index (χ0v) is 10.7. The summed E-state index contributed by atoms with van der Waals surface area (Å²) in [6, 6.07) is 5.55. The van der Waals surface area contributed by atoms with E-state index in [0.29, 0.717) is 6.54 Å². The van der Waals surface area contributed by atoms with Gasteiger partial charge in [-0.3, -0.25) is 14.6 Å². The molecular weight excluding hydrogens is 232 g/mol. The molecule has 0 fully saturated rings. The number of nitrogens with zero attached hydrogens (tertiary/aromatic N) is 2. The summed E-state index contributed by atoms with van der Waals surface area (Å²) in [4.78, 5) is 28.2. The van der Waals surface area contributed by atoms with Crippen LogP contribution in [0.3, 0.4) is 0 Å². The number of carbonyl (C=O) groups excluding carboxylic acids is 1. The quantitative estimate of drug-likeness (QED) is 0.834. The number of aliphatic carboxylic acids is 1. The van der Waals surface area contributed by atoms with E-state index < -0.39 is 5.97 Å². The Morgan fingerprint density at radius 1 is 1.33 bits per heavy atom. The van der Waals surface area contributed by atoms with Crippen molar-refractivity contribution in [1.29, 1.82) is 0 Å². The Bertz CT molecular complexity index is 404. The smallest absolute Gasteiger partial charge is 0.303 e. The molecule has 0 spiro atoms. The lowest BCUT2D eigenvalue weighted by Crippen LogP contribution is -2.36. The van der Waals surface area contributed by atoms with E-state index in [2.05, 4.69) is 4.98 Å². The number of pyridine rings is 1. The average Bonchev–Trinajstić information content (AvgIpc) is 2.34. The van der Waals surface area contributed by atoms with E-state index in [-0.39, 0.29) is 24.8 Å². The van der Waals surface area contributed by atoms with Gasteiger partial charge in [-0.1, -0.05) is 6.07 Å². The molecule has 5 heteroatoms. The highest BCUT2D eigenvalue weighted by atomic mass is 16.4. The van der Waals surface area contributed by atoms with Crippen molar-refractivity contribution in [3.63, 3.8) is 0 Å². The van der Waals surface area contributed by atoms with Crippen LogP contribution < -0.4 is 0 Å². The number of aromatic nitrogens is 1. The molecule has 5 nitrogen and oxygen atoms in total. The summed E-state index contributed by atoms with van der Waals surface area (Å²) in [5, 5.41) is 8.59. The molecule has 18 heavy (non-hydrogen) atoms. The molecule has 0 aliphatic rings. The second-order valence-electron chi connectivity index (χ2n) is 4.33. The molecule has 0 radical (unpaired) electrons.